The maximum Gasteiger partial charge on any atom is 0.0701 e. The lowest BCUT2D eigenvalue weighted by atomic mass is 9.88. The predicted octanol–water partition coefficient (Wildman–Crippen LogP) is 1.34. The first-order valence-electron chi connectivity index (χ1n) is 6.76. The van der Waals surface area contributed by atoms with Crippen LogP contribution in [0.25, 0.3) is 0 Å². The van der Waals surface area contributed by atoms with E-state index in [1.165, 1.54) is 38.9 Å². The third kappa shape index (κ3) is 3.44. The van der Waals surface area contributed by atoms with Gasteiger partial charge in [-0.15, -0.1) is 0 Å². The highest BCUT2D eigenvalue weighted by Gasteiger charge is 2.25. The van der Waals surface area contributed by atoms with E-state index in [2.05, 4.69) is 24.2 Å². The van der Waals surface area contributed by atoms with Gasteiger partial charge in [-0.1, -0.05) is 6.92 Å². The summed E-state index contributed by atoms with van der Waals surface area (Å²) < 4.78 is 5.78. The van der Waals surface area contributed by atoms with E-state index in [0.29, 0.717) is 6.10 Å². The number of rotatable bonds is 5. The first-order valence-corrected chi connectivity index (χ1v) is 6.76. The molecule has 0 bridgehead atoms. The maximum absolute atomic E-state index is 5.78. The third-order valence-corrected chi connectivity index (χ3v) is 4.01. The van der Waals surface area contributed by atoms with Gasteiger partial charge in [0.2, 0.25) is 0 Å². The molecule has 2 aliphatic heterocycles. The average molecular weight is 226 g/mol. The van der Waals surface area contributed by atoms with Crippen molar-refractivity contribution in [3.8, 4) is 0 Å². The van der Waals surface area contributed by atoms with Crippen LogP contribution in [0, 0.1) is 11.8 Å². The van der Waals surface area contributed by atoms with E-state index in [4.69, 9.17) is 4.74 Å². The highest BCUT2D eigenvalue weighted by Crippen LogP contribution is 2.18. The van der Waals surface area contributed by atoms with Crippen LogP contribution in [0.1, 0.15) is 26.2 Å². The molecule has 16 heavy (non-hydrogen) atoms. The van der Waals surface area contributed by atoms with Gasteiger partial charge in [-0.3, -0.25) is 0 Å². The van der Waals surface area contributed by atoms with Crippen LogP contribution in [0.5, 0.6) is 0 Å². The van der Waals surface area contributed by atoms with Crippen molar-refractivity contribution in [2.45, 2.75) is 32.3 Å². The zero-order valence-electron chi connectivity index (χ0n) is 10.7. The molecule has 2 saturated heterocycles. The fraction of sp³-hybridized carbons (Fsp3) is 1.00. The first kappa shape index (κ1) is 12.3. The second-order valence-corrected chi connectivity index (χ2v) is 5.61. The van der Waals surface area contributed by atoms with Crippen LogP contribution < -0.4 is 5.32 Å². The monoisotopic (exact) mass is 226 g/mol. The largest absolute Gasteiger partial charge is 0.377 e. The molecule has 0 spiro atoms. The van der Waals surface area contributed by atoms with Crippen LogP contribution in [0.3, 0.4) is 0 Å². The van der Waals surface area contributed by atoms with Crippen molar-refractivity contribution in [3.05, 3.63) is 0 Å². The van der Waals surface area contributed by atoms with Crippen molar-refractivity contribution in [2.75, 3.05) is 39.8 Å². The molecule has 94 valence electrons. The molecule has 0 aromatic rings. The number of likely N-dealkylation sites (N-methyl/N-ethyl adjacent to an activating group) is 1. The Morgan fingerprint density at radius 3 is 2.75 bits per heavy atom. The van der Waals surface area contributed by atoms with E-state index in [-0.39, 0.29) is 0 Å². The number of hydrogen-bond donors (Lipinski definition) is 1. The Morgan fingerprint density at radius 1 is 1.38 bits per heavy atom. The molecule has 3 nitrogen and oxygen atoms in total. The Kier molecular flexibility index (Phi) is 4.62. The number of hydrogen-bond acceptors (Lipinski definition) is 3. The second-order valence-electron chi connectivity index (χ2n) is 5.61. The minimum atomic E-state index is 0.491. The van der Waals surface area contributed by atoms with Gasteiger partial charge in [-0.25, -0.2) is 0 Å². The summed E-state index contributed by atoms with van der Waals surface area (Å²) in [6, 6.07) is 0. The van der Waals surface area contributed by atoms with Gasteiger partial charge in [-0.2, -0.15) is 0 Å². The molecule has 0 aromatic heterocycles. The van der Waals surface area contributed by atoms with E-state index in [1.54, 1.807) is 0 Å². The van der Waals surface area contributed by atoms with E-state index in [0.717, 1.165) is 25.0 Å². The third-order valence-electron chi connectivity index (χ3n) is 4.01. The van der Waals surface area contributed by atoms with Crippen LogP contribution >= 0.6 is 0 Å². The Hall–Kier alpha value is -0.120. The van der Waals surface area contributed by atoms with Gasteiger partial charge in [0.1, 0.15) is 0 Å². The minimum Gasteiger partial charge on any atom is -0.377 e. The van der Waals surface area contributed by atoms with Crippen molar-refractivity contribution < 1.29 is 4.74 Å². The van der Waals surface area contributed by atoms with Gasteiger partial charge in [0, 0.05) is 19.7 Å². The second kappa shape index (κ2) is 5.99. The summed E-state index contributed by atoms with van der Waals surface area (Å²) in [6.45, 7) is 8.12. The minimum absolute atomic E-state index is 0.491. The summed E-state index contributed by atoms with van der Waals surface area (Å²) in [5, 5.41) is 3.35. The summed E-state index contributed by atoms with van der Waals surface area (Å²) in [4.78, 5) is 2.46. The molecular formula is C13H26N2O. The summed E-state index contributed by atoms with van der Waals surface area (Å²) in [5.41, 5.74) is 0. The molecule has 2 fully saturated rings. The summed E-state index contributed by atoms with van der Waals surface area (Å²) in [5.74, 6) is 1.71. The Morgan fingerprint density at radius 2 is 2.19 bits per heavy atom. The number of ether oxygens (including phenoxy) is 1. The molecule has 0 aromatic carbocycles. The molecule has 0 saturated carbocycles. The zero-order valence-corrected chi connectivity index (χ0v) is 10.7. The molecule has 2 unspecified atom stereocenters. The fourth-order valence-electron chi connectivity index (χ4n) is 2.73. The van der Waals surface area contributed by atoms with Crippen molar-refractivity contribution in [2.24, 2.45) is 11.8 Å². The average Bonchev–Trinajstić information content (AvgIpc) is 2.15. The quantitative estimate of drug-likeness (QED) is 0.766. The summed E-state index contributed by atoms with van der Waals surface area (Å²) >= 11 is 0. The standard InChI is InChI=1S/C13H26N2O/c1-11(12-7-14-8-12)9-15(2)10-13-5-3-4-6-16-13/h11-14H,3-10H2,1-2H3. The van der Waals surface area contributed by atoms with Crippen molar-refractivity contribution in [1.29, 1.82) is 0 Å². The highest BCUT2D eigenvalue weighted by atomic mass is 16.5. The van der Waals surface area contributed by atoms with Crippen LogP contribution in [-0.4, -0.2) is 50.8 Å². The lowest BCUT2D eigenvalue weighted by molar-refractivity contribution is -0.00498. The van der Waals surface area contributed by atoms with Gasteiger partial charge in [0.15, 0.2) is 0 Å². The SMILES string of the molecule is CC(CN(C)CC1CCCCO1)C1CNC1. The fourth-order valence-corrected chi connectivity index (χ4v) is 2.73. The Labute approximate surface area is 99.5 Å². The first-order chi connectivity index (χ1) is 7.75. The Bertz CT molecular complexity index is 196. The van der Waals surface area contributed by atoms with Crippen molar-refractivity contribution in [1.82, 2.24) is 10.2 Å². The molecule has 2 aliphatic rings. The maximum atomic E-state index is 5.78. The van der Waals surface area contributed by atoms with E-state index >= 15 is 0 Å². The van der Waals surface area contributed by atoms with E-state index in [1.807, 2.05) is 0 Å². The molecule has 2 rings (SSSR count). The van der Waals surface area contributed by atoms with Crippen LogP contribution in [0.2, 0.25) is 0 Å². The van der Waals surface area contributed by atoms with Gasteiger partial charge < -0.3 is 15.0 Å². The van der Waals surface area contributed by atoms with Crippen LogP contribution in [0.15, 0.2) is 0 Å². The summed E-state index contributed by atoms with van der Waals surface area (Å²) in [7, 11) is 2.24. The smallest absolute Gasteiger partial charge is 0.0701 e. The van der Waals surface area contributed by atoms with E-state index < -0.39 is 0 Å². The molecule has 2 atom stereocenters. The lowest BCUT2D eigenvalue weighted by Crippen LogP contribution is -2.48. The predicted molar refractivity (Wildman–Crippen MR) is 66.6 cm³/mol. The molecule has 2 heterocycles. The molecule has 1 N–H and O–H groups in total. The number of nitrogens with one attached hydrogen (secondary N) is 1. The topological polar surface area (TPSA) is 24.5 Å². The molecule has 0 aliphatic carbocycles. The van der Waals surface area contributed by atoms with Gasteiger partial charge in [-0.05, 0) is 51.2 Å². The van der Waals surface area contributed by atoms with Gasteiger partial charge in [0.25, 0.3) is 0 Å². The Balaban J connectivity index is 1.64. The summed E-state index contributed by atoms with van der Waals surface area (Å²) in [6.07, 6.45) is 4.35. The van der Waals surface area contributed by atoms with Gasteiger partial charge >= 0.3 is 0 Å². The number of nitrogens with zero attached hydrogens (tertiary/aromatic N) is 1. The van der Waals surface area contributed by atoms with Crippen LogP contribution in [0.4, 0.5) is 0 Å². The highest BCUT2D eigenvalue weighted by molar-refractivity contribution is 4.81. The molecule has 0 amide bonds. The van der Waals surface area contributed by atoms with Crippen molar-refractivity contribution in [3.63, 3.8) is 0 Å². The molecule has 0 radical (unpaired) electrons. The zero-order chi connectivity index (χ0) is 11.4. The van der Waals surface area contributed by atoms with Crippen LogP contribution in [-0.2, 0) is 4.74 Å². The molecular weight excluding hydrogens is 200 g/mol. The van der Waals surface area contributed by atoms with E-state index in [9.17, 15) is 0 Å². The lowest BCUT2D eigenvalue weighted by Gasteiger charge is -2.36. The van der Waals surface area contributed by atoms with Crippen molar-refractivity contribution >= 4 is 0 Å². The van der Waals surface area contributed by atoms with Gasteiger partial charge in [0.05, 0.1) is 6.10 Å². The molecule has 3 heteroatoms. The normalized spacial score (nSPS) is 29.1.